The highest BCUT2D eigenvalue weighted by Gasteiger charge is 2.41. The molecular formula is C10H16NO6. The number of aliphatic hydroxyl groups is 1. The number of nitrogens with two attached hydrogens (primary N) is 1. The van der Waals surface area contributed by atoms with Gasteiger partial charge in [0.15, 0.2) is 6.10 Å². The van der Waals surface area contributed by atoms with Crippen LogP contribution in [0.5, 0.6) is 0 Å². The molecule has 1 saturated heterocycles. The zero-order chi connectivity index (χ0) is 13.0. The van der Waals surface area contributed by atoms with Crippen molar-refractivity contribution in [3.8, 4) is 0 Å². The Morgan fingerprint density at radius 3 is 2.59 bits per heavy atom. The molecule has 1 aliphatic heterocycles. The van der Waals surface area contributed by atoms with E-state index in [0.29, 0.717) is 0 Å². The maximum atomic E-state index is 10.9. The molecule has 0 spiro atoms. The highest BCUT2D eigenvalue weighted by atomic mass is 16.6. The van der Waals surface area contributed by atoms with Gasteiger partial charge in [-0.1, -0.05) is 0 Å². The number of hydrogen-bond acceptors (Lipinski definition) is 7. The van der Waals surface area contributed by atoms with Gasteiger partial charge in [-0.2, -0.15) is 0 Å². The molecule has 1 rings (SSSR count). The summed E-state index contributed by atoms with van der Waals surface area (Å²) in [7, 11) is 0. The number of esters is 2. The lowest BCUT2D eigenvalue weighted by Crippen LogP contribution is -2.57. The molecule has 1 heterocycles. The summed E-state index contributed by atoms with van der Waals surface area (Å²) in [5, 5.41) is 9.77. The molecule has 1 radical (unpaired) electrons. The summed E-state index contributed by atoms with van der Waals surface area (Å²) in [5.74, 6) is -1.06. The predicted molar refractivity (Wildman–Crippen MR) is 55.3 cm³/mol. The van der Waals surface area contributed by atoms with E-state index in [9.17, 15) is 14.7 Å². The van der Waals surface area contributed by atoms with Gasteiger partial charge < -0.3 is 25.1 Å². The molecule has 0 unspecified atom stereocenters. The molecule has 3 N–H and O–H groups in total. The minimum absolute atomic E-state index is 0.117. The van der Waals surface area contributed by atoms with Crippen molar-refractivity contribution in [2.45, 2.75) is 38.2 Å². The summed E-state index contributed by atoms with van der Waals surface area (Å²) in [4.78, 5) is 21.6. The van der Waals surface area contributed by atoms with E-state index in [1.165, 1.54) is 20.5 Å². The third kappa shape index (κ3) is 3.95. The molecule has 0 aromatic rings. The Morgan fingerprint density at radius 2 is 2.06 bits per heavy atom. The molecule has 7 heteroatoms. The number of rotatable bonds is 3. The molecule has 1 aliphatic rings. The summed E-state index contributed by atoms with van der Waals surface area (Å²) >= 11 is 0. The van der Waals surface area contributed by atoms with Crippen LogP contribution in [0, 0.1) is 6.61 Å². The predicted octanol–water partition coefficient (Wildman–Crippen LogP) is -1.27. The van der Waals surface area contributed by atoms with Gasteiger partial charge in [0.2, 0.25) is 0 Å². The van der Waals surface area contributed by atoms with Crippen LogP contribution in [0.15, 0.2) is 0 Å². The lowest BCUT2D eigenvalue weighted by molar-refractivity contribution is -0.183. The largest absolute Gasteiger partial charge is 0.463 e. The fourth-order valence-electron chi connectivity index (χ4n) is 1.46. The van der Waals surface area contributed by atoms with E-state index in [2.05, 4.69) is 0 Å². The average Bonchev–Trinajstić information content (AvgIpc) is 2.23. The zero-order valence-corrected chi connectivity index (χ0v) is 9.66. The summed E-state index contributed by atoms with van der Waals surface area (Å²) in [5.41, 5.74) is 5.53. The SMILES string of the molecule is CC(=O)OC[C@H]1O[CH][C@@H](N)[C@@H](O)[C@@H]1OC(C)=O. The van der Waals surface area contributed by atoms with E-state index < -0.39 is 36.3 Å². The normalized spacial score (nSPS) is 32.9. The topological polar surface area (TPSA) is 108 Å². The number of ether oxygens (including phenoxy) is 3. The van der Waals surface area contributed by atoms with Gasteiger partial charge in [0.05, 0.1) is 6.04 Å². The van der Waals surface area contributed by atoms with Crippen molar-refractivity contribution in [2.24, 2.45) is 5.73 Å². The second-order valence-corrected chi connectivity index (χ2v) is 3.76. The summed E-state index contributed by atoms with van der Waals surface area (Å²) in [6.45, 7) is 3.57. The maximum Gasteiger partial charge on any atom is 0.303 e. The molecule has 7 nitrogen and oxygen atoms in total. The minimum atomic E-state index is -1.09. The van der Waals surface area contributed by atoms with Crippen molar-refractivity contribution in [1.82, 2.24) is 0 Å². The van der Waals surface area contributed by atoms with E-state index in [1.807, 2.05) is 0 Å². The lowest BCUT2D eigenvalue weighted by Gasteiger charge is -2.37. The quantitative estimate of drug-likeness (QED) is 0.598. The molecule has 0 aromatic heterocycles. The summed E-state index contributed by atoms with van der Waals surface area (Å²) in [6.07, 6.45) is -2.79. The van der Waals surface area contributed by atoms with Crippen molar-refractivity contribution >= 4 is 11.9 Å². The molecule has 17 heavy (non-hydrogen) atoms. The van der Waals surface area contributed by atoms with E-state index in [0.717, 1.165) is 0 Å². The van der Waals surface area contributed by atoms with Crippen LogP contribution in [-0.4, -0.2) is 48.0 Å². The number of carbonyl (C=O) groups is 2. The average molecular weight is 246 g/mol. The van der Waals surface area contributed by atoms with Crippen LogP contribution < -0.4 is 5.73 Å². The first kappa shape index (κ1) is 13.9. The maximum absolute atomic E-state index is 10.9. The Hall–Kier alpha value is -1.18. The molecular weight excluding hydrogens is 230 g/mol. The molecule has 0 amide bonds. The van der Waals surface area contributed by atoms with E-state index >= 15 is 0 Å². The second kappa shape index (κ2) is 5.95. The summed E-state index contributed by atoms with van der Waals surface area (Å²) < 4.78 is 14.8. The van der Waals surface area contributed by atoms with Gasteiger partial charge in [0.25, 0.3) is 0 Å². The fraction of sp³-hybridized carbons (Fsp3) is 0.700. The monoisotopic (exact) mass is 246 g/mol. The number of aliphatic hydroxyl groups excluding tert-OH is 1. The third-order valence-corrected chi connectivity index (χ3v) is 2.26. The van der Waals surface area contributed by atoms with Crippen LogP contribution in [0.4, 0.5) is 0 Å². The lowest BCUT2D eigenvalue weighted by atomic mass is 9.99. The van der Waals surface area contributed by atoms with Crippen LogP contribution in [0.1, 0.15) is 13.8 Å². The van der Waals surface area contributed by atoms with E-state index in [4.69, 9.17) is 19.9 Å². The van der Waals surface area contributed by atoms with Crippen molar-refractivity contribution in [3.05, 3.63) is 6.61 Å². The molecule has 0 aliphatic carbocycles. The van der Waals surface area contributed by atoms with Crippen LogP contribution >= 0.6 is 0 Å². The van der Waals surface area contributed by atoms with Crippen molar-refractivity contribution in [3.63, 3.8) is 0 Å². The second-order valence-electron chi connectivity index (χ2n) is 3.76. The van der Waals surface area contributed by atoms with Gasteiger partial charge in [-0.25, -0.2) is 0 Å². The van der Waals surface area contributed by atoms with E-state index in [-0.39, 0.29) is 6.61 Å². The van der Waals surface area contributed by atoms with Gasteiger partial charge in [-0.3, -0.25) is 9.59 Å². The van der Waals surface area contributed by atoms with Gasteiger partial charge in [0.1, 0.15) is 25.4 Å². The molecule has 0 aromatic carbocycles. The van der Waals surface area contributed by atoms with Crippen LogP contribution in [0.25, 0.3) is 0 Å². The first-order valence-corrected chi connectivity index (χ1v) is 5.15. The van der Waals surface area contributed by atoms with Gasteiger partial charge in [0, 0.05) is 13.8 Å². The highest BCUT2D eigenvalue weighted by Crippen LogP contribution is 2.20. The van der Waals surface area contributed by atoms with Crippen LogP contribution in [0.2, 0.25) is 0 Å². The Bertz CT molecular complexity index is 295. The third-order valence-electron chi connectivity index (χ3n) is 2.26. The zero-order valence-electron chi connectivity index (χ0n) is 9.66. The van der Waals surface area contributed by atoms with E-state index in [1.54, 1.807) is 0 Å². The smallest absolute Gasteiger partial charge is 0.303 e. The molecule has 0 saturated carbocycles. The Kier molecular flexibility index (Phi) is 4.86. The molecule has 1 fully saturated rings. The Balaban J connectivity index is 2.64. The molecule has 4 atom stereocenters. The van der Waals surface area contributed by atoms with Crippen molar-refractivity contribution in [1.29, 1.82) is 0 Å². The number of hydrogen-bond donors (Lipinski definition) is 2. The molecule has 0 bridgehead atoms. The Labute approximate surface area is 98.8 Å². The van der Waals surface area contributed by atoms with Crippen molar-refractivity contribution in [2.75, 3.05) is 6.61 Å². The van der Waals surface area contributed by atoms with Gasteiger partial charge >= 0.3 is 11.9 Å². The minimum Gasteiger partial charge on any atom is -0.463 e. The first-order valence-electron chi connectivity index (χ1n) is 5.15. The van der Waals surface area contributed by atoms with Crippen LogP contribution in [-0.2, 0) is 23.8 Å². The fourth-order valence-corrected chi connectivity index (χ4v) is 1.46. The van der Waals surface area contributed by atoms with Gasteiger partial charge in [-0.05, 0) is 0 Å². The number of carbonyl (C=O) groups excluding carboxylic acids is 2. The summed E-state index contributed by atoms with van der Waals surface area (Å²) in [6, 6.07) is -0.757. The molecule has 97 valence electrons. The first-order chi connectivity index (χ1) is 7.91. The Morgan fingerprint density at radius 1 is 1.41 bits per heavy atom. The van der Waals surface area contributed by atoms with Crippen molar-refractivity contribution < 1.29 is 28.9 Å². The van der Waals surface area contributed by atoms with Gasteiger partial charge in [-0.15, -0.1) is 0 Å². The van der Waals surface area contributed by atoms with Crippen LogP contribution in [0.3, 0.4) is 0 Å². The highest BCUT2D eigenvalue weighted by molar-refractivity contribution is 5.66. The standard InChI is InChI=1S/C10H16NO6/c1-5(12)15-4-8-10(17-6(2)13)9(14)7(11)3-16-8/h3,7-10,14H,4,11H2,1-2H3/t7-,8-,9-,10-/m1/s1.